The summed E-state index contributed by atoms with van der Waals surface area (Å²) in [6, 6.07) is 8.03. The van der Waals surface area contributed by atoms with Crippen molar-refractivity contribution in [3.05, 3.63) is 64.1 Å². The van der Waals surface area contributed by atoms with Crippen molar-refractivity contribution in [3.63, 3.8) is 0 Å². The molecule has 1 saturated heterocycles. The van der Waals surface area contributed by atoms with E-state index >= 15 is 0 Å². The van der Waals surface area contributed by atoms with Gasteiger partial charge in [0.05, 0.1) is 11.5 Å². The zero-order chi connectivity index (χ0) is 23.7. The first-order chi connectivity index (χ1) is 16.4. The van der Waals surface area contributed by atoms with Crippen molar-refractivity contribution >= 4 is 32.1 Å². The Morgan fingerprint density at radius 1 is 1.12 bits per heavy atom. The van der Waals surface area contributed by atoms with E-state index < -0.39 is 15.5 Å². The molecular weight excluding hydrogens is 459 g/mol. The number of hydrogen-bond donors (Lipinski definition) is 1. The molecule has 0 bridgehead atoms. The third kappa shape index (κ3) is 4.92. The van der Waals surface area contributed by atoms with Gasteiger partial charge in [-0.15, -0.1) is 0 Å². The summed E-state index contributed by atoms with van der Waals surface area (Å²) in [7, 11) is -3.16. The van der Waals surface area contributed by atoms with Gasteiger partial charge in [-0.1, -0.05) is 6.07 Å². The predicted octanol–water partition coefficient (Wildman–Crippen LogP) is 2.42. The quantitative estimate of drug-likeness (QED) is 0.531. The molecule has 0 spiro atoms. The number of halogens is 1. The van der Waals surface area contributed by atoms with E-state index in [1.165, 1.54) is 12.1 Å². The van der Waals surface area contributed by atoms with E-state index in [2.05, 4.69) is 20.1 Å². The fraction of sp³-hybridized carbons (Fsp3) is 0.417. The molecule has 1 N–H and O–H groups in total. The number of anilines is 2. The number of pyridine rings is 1. The highest BCUT2D eigenvalue weighted by atomic mass is 32.2. The minimum atomic E-state index is -3.16. The van der Waals surface area contributed by atoms with Crippen LogP contribution in [-0.4, -0.2) is 63.3 Å². The average molecular weight is 487 g/mol. The summed E-state index contributed by atoms with van der Waals surface area (Å²) in [4.78, 5) is 20.9. The van der Waals surface area contributed by atoms with Crippen LogP contribution in [0.5, 0.6) is 0 Å². The number of nitrogens with zero attached hydrogens (tertiary/aromatic N) is 3. The number of sulfone groups is 1. The monoisotopic (exact) mass is 486 g/mol. The first-order valence-corrected chi connectivity index (χ1v) is 13.3. The van der Waals surface area contributed by atoms with Crippen molar-refractivity contribution in [1.29, 1.82) is 0 Å². The summed E-state index contributed by atoms with van der Waals surface area (Å²) in [6.45, 7) is 4.86. The third-order valence-electron chi connectivity index (χ3n) is 6.50. The van der Waals surface area contributed by atoms with E-state index in [0.29, 0.717) is 23.6 Å². The van der Waals surface area contributed by atoms with Gasteiger partial charge in [-0.05, 0) is 36.6 Å². The molecule has 0 aliphatic carbocycles. The lowest BCUT2D eigenvalue weighted by molar-refractivity contribution is 0.257. The van der Waals surface area contributed by atoms with Gasteiger partial charge in [0.1, 0.15) is 17.4 Å². The molecule has 0 atom stereocenters. The number of aryl methyl sites for hydroxylation is 1. The molecule has 5 rings (SSSR count). The smallest absolute Gasteiger partial charge is 0.337 e. The van der Waals surface area contributed by atoms with Gasteiger partial charge in [-0.3, -0.25) is 4.90 Å². The standard InChI is InChI=1S/C24H27FN4O4S/c25-18-3-2-17-4-7-27-24(19(17)14-18)29-11-9-28(10-12-29)8-1-6-26-21-15-23(30)33-22-5-13-34(31,32)16-20(21)22/h2-4,7,14-15,26H,1,5-6,8-13,16H2. The number of rotatable bonds is 6. The molecule has 1 aromatic carbocycles. The van der Waals surface area contributed by atoms with Crippen LogP contribution in [0.1, 0.15) is 17.7 Å². The van der Waals surface area contributed by atoms with E-state index in [1.54, 1.807) is 18.3 Å². The van der Waals surface area contributed by atoms with Crippen molar-refractivity contribution in [2.75, 3.05) is 55.2 Å². The summed E-state index contributed by atoms with van der Waals surface area (Å²) in [5, 5.41) is 5.05. The highest BCUT2D eigenvalue weighted by Gasteiger charge is 2.26. The van der Waals surface area contributed by atoms with Gasteiger partial charge < -0.3 is 14.6 Å². The topological polar surface area (TPSA) is 95.8 Å². The predicted molar refractivity (Wildman–Crippen MR) is 130 cm³/mol. The molecule has 3 aromatic rings. The van der Waals surface area contributed by atoms with Gasteiger partial charge in [-0.25, -0.2) is 22.6 Å². The number of benzene rings is 1. The number of nitrogens with one attached hydrogen (secondary N) is 1. The first-order valence-electron chi connectivity index (χ1n) is 11.5. The SMILES string of the molecule is O=c1cc(NCCCN2CCN(c3nccc4ccc(F)cc34)CC2)c2c(o1)CCS(=O)(=O)C2. The highest BCUT2D eigenvalue weighted by Crippen LogP contribution is 2.27. The van der Waals surface area contributed by atoms with Gasteiger partial charge in [0, 0.05) is 68.0 Å². The molecule has 10 heteroatoms. The molecule has 34 heavy (non-hydrogen) atoms. The minimum absolute atomic E-state index is 0.0155. The highest BCUT2D eigenvalue weighted by molar-refractivity contribution is 7.90. The fourth-order valence-electron chi connectivity index (χ4n) is 4.71. The zero-order valence-corrected chi connectivity index (χ0v) is 19.6. The molecule has 180 valence electrons. The van der Waals surface area contributed by atoms with Crippen molar-refractivity contribution in [1.82, 2.24) is 9.88 Å². The van der Waals surface area contributed by atoms with Crippen molar-refractivity contribution < 1.29 is 17.2 Å². The van der Waals surface area contributed by atoms with Gasteiger partial charge >= 0.3 is 5.63 Å². The second kappa shape index (κ2) is 9.34. The molecule has 0 radical (unpaired) electrons. The van der Waals surface area contributed by atoms with E-state index in [4.69, 9.17) is 4.42 Å². The summed E-state index contributed by atoms with van der Waals surface area (Å²) in [5.74, 6) is 0.955. The molecular formula is C24H27FN4O4S. The number of fused-ring (bicyclic) bond motifs is 2. The largest absolute Gasteiger partial charge is 0.427 e. The van der Waals surface area contributed by atoms with Gasteiger partial charge in [0.2, 0.25) is 0 Å². The Kier molecular flexibility index (Phi) is 6.26. The Bertz CT molecular complexity index is 1370. The van der Waals surface area contributed by atoms with Gasteiger partial charge in [0.15, 0.2) is 9.84 Å². The summed E-state index contributed by atoms with van der Waals surface area (Å²) in [5.41, 5.74) is 0.686. The Labute approximate surface area is 197 Å². The molecule has 2 aliphatic heterocycles. The Morgan fingerprint density at radius 2 is 1.94 bits per heavy atom. The summed E-state index contributed by atoms with van der Waals surface area (Å²) >= 11 is 0. The number of hydrogen-bond acceptors (Lipinski definition) is 8. The zero-order valence-electron chi connectivity index (χ0n) is 18.8. The Morgan fingerprint density at radius 3 is 2.76 bits per heavy atom. The Balaban J connectivity index is 1.15. The second-order valence-electron chi connectivity index (χ2n) is 8.83. The van der Waals surface area contributed by atoms with E-state index in [-0.39, 0.29) is 23.7 Å². The molecule has 0 amide bonds. The lowest BCUT2D eigenvalue weighted by Gasteiger charge is -2.36. The van der Waals surface area contributed by atoms with Crippen LogP contribution < -0.4 is 15.8 Å². The van der Waals surface area contributed by atoms with Crippen LogP contribution in [0, 0.1) is 5.82 Å². The van der Waals surface area contributed by atoms with Crippen LogP contribution in [0.2, 0.25) is 0 Å². The van der Waals surface area contributed by atoms with Gasteiger partial charge in [-0.2, -0.15) is 0 Å². The van der Waals surface area contributed by atoms with Crippen molar-refractivity contribution in [2.45, 2.75) is 18.6 Å². The minimum Gasteiger partial charge on any atom is -0.427 e. The number of aromatic nitrogens is 1. The molecule has 0 unspecified atom stereocenters. The summed E-state index contributed by atoms with van der Waals surface area (Å²) in [6.07, 6.45) is 2.85. The third-order valence-corrected chi connectivity index (χ3v) is 8.05. The lowest BCUT2D eigenvalue weighted by Crippen LogP contribution is -2.47. The molecule has 0 saturated carbocycles. The molecule has 2 aromatic heterocycles. The first kappa shape index (κ1) is 22.8. The molecule has 4 heterocycles. The maximum atomic E-state index is 13.8. The van der Waals surface area contributed by atoms with Crippen LogP contribution in [0.4, 0.5) is 15.9 Å². The second-order valence-corrected chi connectivity index (χ2v) is 11.0. The van der Waals surface area contributed by atoms with Crippen molar-refractivity contribution in [3.8, 4) is 0 Å². The van der Waals surface area contributed by atoms with Crippen LogP contribution in [0.3, 0.4) is 0 Å². The van der Waals surface area contributed by atoms with Crippen LogP contribution in [0.15, 0.2) is 45.7 Å². The van der Waals surface area contributed by atoms with E-state index in [0.717, 1.165) is 55.7 Å². The lowest BCUT2D eigenvalue weighted by atomic mass is 10.1. The average Bonchev–Trinajstić information content (AvgIpc) is 2.82. The van der Waals surface area contributed by atoms with Crippen LogP contribution in [-0.2, 0) is 22.0 Å². The Hall–Kier alpha value is -2.98. The van der Waals surface area contributed by atoms with Gasteiger partial charge in [0.25, 0.3) is 0 Å². The fourth-order valence-corrected chi connectivity index (χ4v) is 6.11. The summed E-state index contributed by atoms with van der Waals surface area (Å²) < 4.78 is 43.0. The normalized spacial score (nSPS) is 18.1. The number of piperazine rings is 1. The molecule has 2 aliphatic rings. The van der Waals surface area contributed by atoms with Crippen molar-refractivity contribution in [2.24, 2.45) is 0 Å². The van der Waals surface area contributed by atoms with E-state index in [9.17, 15) is 17.6 Å². The molecule has 8 nitrogen and oxygen atoms in total. The molecule has 1 fully saturated rings. The maximum absolute atomic E-state index is 13.8. The maximum Gasteiger partial charge on any atom is 0.337 e. The van der Waals surface area contributed by atoms with E-state index in [1.807, 2.05) is 6.07 Å². The van der Waals surface area contributed by atoms with Crippen LogP contribution in [0.25, 0.3) is 10.8 Å². The van der Waals surface area contributed by atoms with Crippen LogP contribution >= 0.6 is 0 Å².